The molecule has 0 spiro atoms. The van der Waals surface area contributed by atoms with E-state index in [-0.39, 0.29) is 36.0 Å². The summed E-state index contributed by atoms with van der Waals surface area (Å²) in [5.74, 6) is -1.13. The second-order valence-electron chi connectivity index (χ2n) is 5.09. The van der Waals surface area contributed by atoms with Gasteiger partial charge in [-0.3, -0.25) is 0 Å². The number of para-hydroxylation sites is 1. The van der Waals surface area contributed by atoms with Gasteiger partial charge >= 0.3 is 29.6 Å². The number of aliphatic carboxylic acids is 1. The van der Waals surface area contributed by atoms with E-state index in [4.69, 9.17) is 23.2 Å². The molecule has 0 aliphatic heterocycles. The molecule has 3 nitrogen and oxygen atoms in total. The number of fused-ring (bicyclic) bond motifs is 1. The van der Waals surface area contributed by atoms with Gasteiger partial charge in [-0.05, 0) is 17.7 Å². The second kappa shape index (κ2) is 8.24. The first-order valence-electron chi connectivity index (χ1n) is 6.98. The molecule has 3 rings (SSSR count). The third kappa shape index (κ3) is 4.05. The molecule has 0 radical (unpaired) electrons. The van der Waals surface area contributed by atoms with Crippen molar-refractivity contribution in [2.45, 2.75) is 6.42 Å². The maximum absolute atomic E-state index is 10.9. The minimum atomic E-state index is -1.13. The van der Waals surface area contributed by atoms with Crippen LogP contribution in [0, 0.1) is 0 Å². The standard InChI is InChI=1S/C18H13Cl2NO2.Na/c19-14-10-15(20)18(13-7-3-2-6-12(13)14)21-16-8-4-1-5-11(16)9-17(22)23;/h1-8,10,21H,9H2,(H,22,23);/q;+1/p-1. The fourth-order valence-corrected chi connectivity index (χ4v) is 3.10. The van der Waals surface area contributed by atoms with Crippen molar-refractivity contribution in [1.29, 1.82) is 0 Å². The summed E-state index contributed by atoms with van der Waals surface area (Å²) >= 11 is 12.6. The van der Waals surface area contributed by atoms with E-state index in [0.29, 0.717) is 27.0 Å². The largest absolute Gasteiger partial charge is 1.00 e. The number of halogens is 2. The molecule has 0 unspecified atom stereocenters. The van der Waals surface area contributed by atoms with Gasteiger partial charge in [0.25, 0.3) is 0 Å². The molecule has 0 saturated heterocycles. The van der Waals surface area contributed by atoms with Gasteiger partial charge in [-0.1, -0.05) is 65.7 Å². The summed E-state index contributed by atoms with van der Waals surface area (Å²) in [4.78, 5) is 10.9. The van der Waals surface area contributed by atoms with Gasteiger partial charge in [-0.2, -0.15) is 0 Å². The van der Waals surface area contributed by atoms with Crippen molar-refractivity contribution >= 4 is 51.3 Å². The SMILES string of the molecule is O=C([O-])Cc1ccccc1Nc1c(Cl)cc(Cl)c2ccccc12.[Na+]. The first-order chi connectivity index (χ1) is 11.1. The molecule has 1 N–H and O–H groups in total. The van der Waals surface area contributed by atoms with E-state index < -0.39 is 5.97 Å². The Morgan fingerprint density at radius 1 is 0.958 bits per heavy atom. The molecule has 3 aromatic rings. The summed E-state index contributed by atoms with van der Waals surface area (Å²) in [6, 6.07) is 16.4. The average Bonchev–Trinajstić information content (AvgIpc) is 2.52. The Labute approximate surface area is 171 Å². The Morgan fingerprint density at radius 2 is 1.58 bits per heavy atom. The van der Waals surface area contributed by atoms with Gasteiger partial charge in [0.1, 0.15) is 0 Å². The first kappa shape index (κ1) is 19.1. The van der Waals surface area contributed by atoms with Gasteiger partial charge in [0.05, 0.1) is 15.7 Å². The van der Waals surface area contributed by atoms with Gasteiger partial charge in [0, 0.05) is 28.8 Å². The molecular formula is C18H12Cl2NNaO2. The van der Waals surface area contributed by atoms with Gasteiger partial charge in [0.15, 0.2) is 0 Å². The fourth-order valence-electron chi connectivity index (χ4n) is 2.51. The van der Waals surface area contributed by atoms with Crippen LogP contribution in [0.5, 0.6) is 0 Å². The van der Waals surface area contributed by atoms with Gasteiger partial charge in [0.2, 0.25) is 0 Å². The zero-order valence-corrected chi connectivity index (χ0v) is 16.5. The van der Waals surface area contributed by atoms with Crippen LogP contribution in [0.4, 0.5) is 11.4 Å². The summed E-state index contributed by atoms with van der Waals surface area (Å²) in [5.41, 5.74) is 1.99. The number of rotatable bonds is 4. The molecule has 0 amide bonds. The minimum absolute atomic E-state index is 0. The van der Waals surface area contributed by atoms with E-state index in [0.717, 1.165) is 10.8 Å². The third-order valence-corrected chi connectivity index (χ3v) is 4.17. The Hall–Kier alpha value is -1.23. The Bertz CT molecular complexity index is 899. The average molecular weight is 368 g/mol. The number of nitrogens with one attached hydrogen (secondary N) is 1. The maximum Gasteiger partial charge on any atom is 1.00 e. The topological polar surface area (TPSA) is 52.2 Å². The molecular weight excluding hydrogens is 356 g/mol. The third-order valence-electron chi connectivity index (χ3n) is 3.56. The molecule has 0 aromatic heterocycles. The monoisotopic (exact) mass is 367 g/mol. The van der Waals surface area contributed by atoms with Gasteiger partial charge in [-0.15, -0.1) is 0 Å². The predicted octanol–water partition coefficient (Wildman–Crippen LogP) is 1.19. The maximum atomic E-state index is 10.9. The van der Waals surface area contributed by atoms with Gasteiger partial charge < -0.3 is 15.2 Å². The Morgan fingerprint density at radius 3 is 2.29 bits per heavy atom. The van der Waals surface area contributed by atoms with Crippen LogP contribution in [0.2, 0.25) is 10.0 Å². The number of hydrogen-bond donors (Lipinski definition) is 1. The first-order valence-corrected chi connectivity index (χ1v) is 7.73. The molecule has 0 atom stereocenters. The zero-order valence-electron chi connectivity index (χ0n) is 13.0. The summed E-state index contributed by atoms with van der Waals surface area (Å²) in [6.45, 7) is 0. The van der Waals surface area contributed by atoms with Crippen molar-refractivity contribution < 1.29 is 39.5 Å². The van der Waals surface area contributed by atoms with Crippen LogP contribution in [0.25, 0.3) is 10.8 Å². The smallest absolute Gasteiger partial charge is 0.550 e. The summed E-state index contributed by atoms with van der Waals surface area (Å²) in [6.07, 6.45) is -0.174. The Kier molecular flexibility index (Phi) is 6.55. The molecule has 0 bridgehead atoms. The summed E-state index contributed by atoms with van der Waals surface area (Å²) < 4.78 is 0. The molecule has 0 aliphatic carbocycles. The Balaban J connectivity index is 0.00000208. The van der Waals surface area contributed by atoms with Crippen molar-refractivity contribution in [2.24, 2.45) is 0 Å². The van der Waals surface area contributed by atoms with E-state index in [1.165, 1.54) is 0 Å². The van der Waals surface area contributed by atoms with Crippen molar-refractivity contribution in [3.8, 4) is 0 Å². The number of hydrogen-bond acceptors (Lipinski definition) is 3. The molecule has 6 heteroatoms. The quantitative estimate of drug-likeness (QED) is 0.704. The van der Waals surface area contributed by atoms with Crippen molar-refractivity contribution in [3.05, 3.63) is 70.2 Å². The fraction of sp³-hybridized carbons (Fsp3) is 0.0556. The molecule has 0 fully saturated rings. The van der Waals surface area contributed by atoms with Crippen LogP contribution >= 0.6 is 23.2 Å². The zero-order chi connectivity index (χ0) is 16.4. The van der Waals surface area contributed by atoms with E-state index in [1.54, 1.807) is 24.3 Å². The molecule has 0 aliphatic rings. The normalized spacial score (nSPS) is 10.2. The number of benzene rings is 3. The van der Waals surface area contributed by atoms with Gasteiger partial charge in [-0.25, -0.2) is 0 Å². The van der Waals surface area contributed by atoms with Crippen LogP contribution in [-0.2, 0) is 11.2 Å². The number of carbonyl (C=O) groups excluding carboxylic acids is 1. The number of carboxylic acid groups (broad SMARTS) is 1. The summed E-state index contributed by atoms with van der Waals surface area (Å²) in [7, 11) is 0. The molecule has 0 saturated carbocycles. The van der Waals surface area contributed by atoms with E-state index in [1.807, 2.05) is 30.3 Å². The van der Waals surface area contributed by atoms with Crippen molar-refractivity contribution in [2.75, 3.05) is 5.32 Å². The van der Waals surface area contributed by atoms with Crippen molar-refractivity contribution in [1.82, 2.24) is 0 Å². The molecule has 24 heavy (non-hydrogen) atoms. The van der Waals surface area contributed by atoms with E-state index in [2.05, 4.69) is 5.32 Å². The second-order valence-corrected chi connectivity index (χ2v) is 5.91. The number of carboxylic acids is 1. The van der Waals surface area contributed by atoms with Crippen LogP contribution in [0.3, 0.4) is 0 Å². The van der Waals surface area contributed by atoms with E-state index in [9.17, 15) is 9.90 Å². The predicted molar refractivity (Wildman–Crippen MR) is 92.4 cm³/mol. The van der Waals surface area contributed by atoms with Crippen LogP contribution in [-0.4, -0.2) is 5.97 Å². The van der Waals surface area contributed by atoms with Crippen LogP contribution in [0.1, 0.15) is 5.56 Å². The number of anilines is 2. The van der Waals surface area contributed by atoms with E-state index >= 15 is 0 Å². The minimum Gasteiger partial charge on any atom is -0.550 e. The van der Waals surface area contributed by atoms with Crippen molar-refractivity contribution in [3.63, 3.8) is 0 Å². The van der Waals surface area contributed by atoms with Crippen LogP contribution in [0.15, 0.2) is 54.6 Å². The molecule has 116 valence electrons. The van der Waals surface area contributed by atoms with Crippen LogP contribution < -0.4 is 40.0 Å². The molecule has 0 heterocycles. The number of carbonyl (C=O) groups is 1. The summed E-state index contributed by atoms with van der Waals surface area (Å²) in [5, 5.41) is 16.9. The molecule has 3 aromatic carbocycles.